The highest BCUT2D eigenvalue weighted by Crippen LogP contribution is 2.29. The topological polar surface area (TPSA) is 67.4 Å². The van der Waals surface area contributed by atoms with E-state index in [-0.39, 0.29) is 11.9 Å². The lowest BCUT2D eigenvalue weighted by atomic mass is 9.95. The molecule has 1 N–H and O–H groups in total. The maximum absolute atomic E-state index is 12.5. The molecule has 2 aromatic rings. The van der Waals surface area contributed by atoms with E-state index in [1.807, 2.05) is 37.3 Å². The van der Waals surface area contributed by atoms with Gasteiger partial charge in [-0.25, -0.2) is 9.97 Å². The minimum Gasteiger partial charge on any atom is -0.481 e. The molecule has 4 rings (SSSR count). The van der Waals surface area contributed by atoms with E-state index in [2.05, 4.69) is 15.2 Å². The molecule has 1 fully saturated rings. The van der Waals surface area contributed by atoms with Crippen LogP contribution >= 0.6 is 0 Å². The van der Waals surface area contributed by atoms with Crippen molar-refractivity contribution in [2.45, 2.75) is 64.5 Å². The van der Waals surface area contributed by atoms with E-state index in [4.69, 9.17) is 9.72 Å². The van der Waals surface area contributed by atoms with Gasteiger partial charge in [-0.1, -0.05) is 18.2 Å². The second kappa shape index (κ2) is 8.80. The van der Waals surface area contributed by atoms with Crippen LogP contribution in [0.3, 0.4) is 0 Å². The number of hydrogen-bond donors (Lipinski definition) is 1. The van der Waals surface area contributed by atoms with Gasteiger partial charge in [-0.15, -0.1) is 0 Å². The Morgan fingerprint density at radius 2 is 1.86 bits per heavy atom. The molecule has 0 bridgehead atoms. The van der Waals surface area contributed by atoms with Gasteiger partial charge in [-0.05, 0) is 64.5 Å². The van der Waals surface area contributed by atoms with Crippen molar-refractivity contribution in [1.82, 2.24) is 15.3 Å². The van der Waals surface area contributed by atoms with Gasteiger partial charge in [0.2, 0.25) is 0 Å². The van der Waals surface area contributed by atoms with E-state index in [0.717, 1.165) is 50.4 Å². The largest absolute Gasteiger partial charge is 0.481 e. The van der Waals surface area contributed by atoms with Crippen LogP contribution in [0.2, 0.25) is 0 Å². The summed E-state index contributed by atoms with van der Waals surface area (Å²) in [6, 6.07) is 9.66. The molecular weight excluding hydrogens is 364 g/mol. The Morgan fingerprint density at radius 3 is 2.62 bits per heavy atom. The molecule has 1 aromatic carbocycles. The number of para-hydroxylation sites is 1. The number of nitrogens with zero attached hydrogens (tertiary/aromatic N) is 3. The minimum atomic E-state index is -0.507. The molecule has 0 unspecified atom stereocenters. The highest BCUT2D eigenvalue weighted by atomic mass is 16.5. The van der Waals surface area contributed by atoms with Gasteiger partial charge in [0, 0.05) is 30.4 Å². The maximum atomic E-state index is 12.5. The molecule has 0 radical (unpaired) electrons. The lowest BCUT2D eigenvalue weighted by Gasteiger charge is -2.35. The highest BCUT2D eigenvalue weighted by Gasteiger charge is 2.27. The SMILES string of the molecule is Cc1nc2c(c(N3CCC(NC(=O)[C@H](C)Oc4ccccc4)CC3)n1)CCCC2. The van der Waals surface area contributed by atoms with Crippen molar-refractivity contribution in [2.75, 3.05) is 18.0 Å². The van der Waals surface area contributed by atoms with E-state index in [1.54, 1.807) is 6.92 Å². The predicted octanol–water partition coefficient (Wildman–Crippen LogP) is 3.22. The van der Waals surface area contributed by atoms with Gasteiger partial charge < -0.3 is 15.0 Å². The Kier molecular flexibility index (Phi) is 5.97. The molecule has 1 aromatic heterocycles. The number of anilines is 1. The quantitative estimate of drug-likeness (QED) is 0.843. The zero-order chi connectivity index (χ0) is 20.2. The lowest BCUT2D eigenvalue weighted by Crippen LogP contribution is -2.48. The summed E-state index contributed by atoms with van der Waals surface area (Å²) in [5.74, 6) is 2.65. The number of carbonyl (C=O) groups is 1. The van der Waals surface area contributed by atoms with E-state index >= 15 is 0 Å². The van der Waals surface area contributed by atoms with Gasteiger partial charge in [0.15, 0.2) is 6.10 Å². The van der Waals surface area contributed by atoms with Crippen molar-refractivity contribution >= 4 is 11.7 Å². The summed E-state index contributed by atoms with van der Waals surface area (Å²) in [6.45, 7) is 5.59. The number of rotatable bonds is 5. The van der Waals surface area contributed by atoms with Gasteiger partial charge in [0.05, 0.1) is 0 Å². The van der Waals surface area contributed by atoms with Crippen LogP contribution in [0.5, 0.6) is 5.75 Å². The third kappa shape index (κ3) is 4.69. The summed E-state index contributed by atoms with van der Waals surface area (Å²) in [7, 11) is 0. The first-order valence-corrected chi connectivity index (χ1v) is 10.7. The van der Waals surface area contributed by atoms with E-state index in [1.165, 1.54) is 24.1 Å². The average molecular weight is 395 g/mol. The zero-order valence-electron chi connectivity index (χ0n) is 17.4. The van der Waals surface area contributed by atoms with Gasteiger partial charge >= 0.3 is 0 Å². The molecule has 1 aliphatic heterocycles. The molecule has 1 aliphatic carbocycles. The molecule has 29 heavy (non-hydrogen) atoms. The molecule has 6 heteroatoms. The van der Waals surface area contributed by atoms with E-state index in [9.17, 15) is 4.79 Å². The number of aromatic nitrogens is 2. The molecule has 1 saturated heterocycles. The number of carbonyl (C=O) groups excluding carboxylic acids is 1. The maximum Gasteiger partial charge on any atom is 0.260 e. The Labute approximate surface area is 172 Å². The van der Waals surface area contributed by atoms with Gasteiger partial charge in [-0.2, -0.15) is 0 Å². The second-order valence-corrected chi connectivity index (χ2v) is 8.07. The number of ether oxygens (including phenoxy) is 1. The summed E-state index contributed by atoms with van der Waals surface area (Å²) < 4.78 is 5.74. The number of nitrogens with one attached hydrogen (secondary N) is 1. The van der Waals surface area contributed by atoms with Crippen molar-refractivity contribution in [2.24, 2.45) is 0 Å². The fraction of sp³-hybridized carbons (Fsp3) is 0.522. The van der Waals surface area contributed by atoms with Crippen LogP contribution in [0.15, 0.2) is 30.3 Å². The van der Waals surface area contributed by atoms with Crippen molar-refractivity contribution in [3.8, 4) is 5.75 Å². The normalized spacial score (nSPS) is 18.1. The van der Waals surface area contributed by atoms with Crippen molar-refractivity contribution in [3.63, 3.8) is 0 Å². The summed E-state index contributed by atoms with van der Waals surface area (Å²) >= 11 is 0. The molecular formula is C23H30N4O2. The van der Waals surface area contributed by atoms with Crippen LogP contribution in [0.1, 0.15) is 49.7 Å². The first kappa shape index (κ1) is 19.7. The van der Waals surface area contributed by atoms with Crippen LogP contribution in [0.25, 0.3) is 0 Å². The number of piperidine rings is 1. The molecule has 2 aliphatic rings. The Hall–Kier alpha value is -2.63. The number of hydrogen-bond acceptors (Lipinski definition) is 5. The van der Waals surface area contributed by atoms with Crippen LogP contribution in [-0.4, -0.2) is 41.1 Å². The van der Waals surface area contributed by atoms with Gasteiger partial charge in [-0.3, -0.25) is 4.79 Å². The Morgan fingerprint density at radius 1 is 1.14 bits per heavy atom. The zero-order valence-corrected chi connectivity index (χ0v) is 17.4. The Balaban J connectivity index is 1.33. The lowest BCUT2D eigenvalue weighted by molar-refractivity contribution is -0.128. The molecule has 1 atom stereocenters. The standard InChI is InChI=1S/C23H30N4O2/c1-16(29-19-8-4-3-5-9-19)23(28)26-18-12-14-27(15-13-18)22-20-10-6-7-11-21(20)24-17(2)25-22/h3-5,8-9,16,18H,6-7,10-15H2,1-2H3,(H,26,28)/t16-/m0/s1. The van der Waals surface area contributed by atoms with Crippen LogP contribution in [0, 0.1) is 6.92 Å². The molecule has 0 saturated carbocycles. The van der Waals surface area contributed by atoms with Crippen molar-refractivity contribution < 1.29 is 9.53 Å². The fourth-order valence-electron chi connectivity index (χ4n) is 4.27. The first-order chi connectivity index (χ1) is 14.1. The minimum absolute atomic E-state index is 0.0532. The average Bonchev–Trinajstić information content (AvgIpc) is 2.74. The fourth-order valence-corrected chi connectivity index (χ4v) is 4.27. The number of benzene rings is 1. The molecule has 2 heterocycles. The summed E-state index contributed by atoms with van der Waals surface area (Å²) in [5, 5.41) is 3.16. The highest BCUT2D eigenvalue weighted by molar-refractivity contribution is 5.81. The third-order valence-corrected chi connectivity index (χ3v) is 5.84. The molecule has 154 valence electrons. The summed E-state index contributed by atoms with van der Waals surface area (Å²) in [6.07, 6.45) is 5.92. The Bertz CT molecular complexity index is 847. The monoisotopic (exact) mass is 394 g/mol. The van der Waals surface area contributed by atoms with Crippen molar-refractivity contribution in [3.05, 3.63) is 47.4 Å². The smallest absolute Gasteiger partial charge is 0.260 e. The van der Waals surface area contributed by atoms with E-state index in [0.29, 0.717) is 5.75 Å². The summed E-state index contributed by atoms with van der Waals surface area (Å²) in [5.41, 5.74) is 2.58. The number of fused-ring (bicyclic) bond motifs is 1. The molecule has 6 nitrogen and oxygen atoms in total. The molecule has 1 amide bonds. The first-order valence-electron chi connectivity index (χ1n) is 10.7. The number of amides is 1. The van der Waals surface area contributed by atoms with Crippen LogP contribution in [0.4, 0.5) is 5.82 Å². The van der Waals surface area contributed by atoms with Crippen LogP contribution in [-0.2, 0) is 17.6 Å². The summed E-state index contributed by atoms with van der Waals surface area (Å²) in [4.78, 5) is 24.4. The third-order valence-electron chi connectivity index (χ3n) is 5.84. The van der Waals surface area contributed by atoms with Gasteiger partial charge in [0.25, 0.3) is 5.91 Å². The predicted molar refractivity (Wildman–Crippen MR) is 113 cm³/mol. The van der Waals surface area contributed by atoms with Crippen molar-refractivity contribution in [1.29, 1.82) is 0 Å². The number of aryl methyl sites for hydroxylation is 2. The van der Waals surface area contributed by atoms with E-state index < -0.39 is 6.10 Å². The van der Waals surface area contributed by atoms with Gasteiger partial charge in [0.1, 0.15) is 17.4 Å². The van der Waals surface area contributed by atoms with Crippen LogP contribution < -0.4 is 15.0 Å². The molecule has 0 spiro atoms. The second-order valence-electron chi connectivity index (χ2n) is 8.07.